The highest BCUT2D eigenvalue weighted by Gasteiger charge is 2.06. The Balaban J connectivity index is 1.89. The van der Waals surface area contributed by atoms with Crippen molar-refractivity contribution in [3.8, 4) is 0 Å². The maximum absolute atomic E-state index is 2.42. The lowest BCUT2D eigenvalue weighted by Gasteiger charge is -2.13. The molecular weight excluding hydrogens is 288 g/mol. The minimum Gasteiger partial charge on any atom is -0.0588 e. The fourth-order valence-electron chi connectivity index (χ4n) is 3.59. The molecule has 0 aliphatic carbocycles. The topological polar surface area (TPSA) is 0 Å². The van der Waals surface area contributed by atoms with Crippen molar-refractivity contribution in [2.45, 2.75) is 79.1 Å². The summed E-state index contributed by atoms with van der Waals surface area (Å²) in [6.07, 6.45) is 4.93. The second-order valence-electron chi connectivity index (χ2n) is 7.90. The van der Waals surface area contributed by atoms with Gasteiger partial charge < -0.3 is 0 Å². The van der Waals surface area contributed by atoms with Gasteiger partial charge >= 0.3 is 0 Å². The van der Waals surface area contributed by atoms with Crippen LogP contribution in [0.2, 0.25) is 0 Å². The molecule has 0 heteroatoms. The molecule has 0 unspecified atom stereocenters. The molecule has 24 heavy (non-hydrogen) atoms. The Kier molecular flexibility index (Phi) is 6.66. The van der Waals surface area contributed by atoms with Gasteiger partial charge in [0.25, 0.3) is 0 Å². The molecule has 2 rings (SSSR count). The summed E-state index contributed by atoms with van der Waals surface area (Å²) in [5.74, 6) is 1.24. The Labute approximate surface area is 149 Å². The van der Waals surface area contributed by atoms with E-state index in [-0.39, 0.29) is 0 Å². The summed E-state index contributed by atoms with van der Waals surface area (Å²) < 4.78 is 0. The maximum atomic E-state index is 2.42. The van der Waals surface area contributed by atoms with Crippen LogP contribution in [0.5, 0.6) is 0 Å². The molecule has 0 bridgehead atoms. The van der Waals surface area contributed by atoms with Crippen molar-refractivity contribution in [1.29, 1.82) is 0 Å². The molecular formula is C24H34. The highest BCUT2D eigenvalue weighted by atomic mass is 14.1. The Morgan fingerprint density at radius 3 is 1.33 bits per heavy atom. The molecule has 0 N–H and O–H groups in total. The lowest BCUT2D eigenvalue weighted by Crippen LogP contribution is -1.97. The van der Waals surface area contributed by atoms with Crippen molar-refractivity contribution in [3.05, 3.63) is 69.8 Å². The summed E-state index contributed by atoms with van der Waals surface area (Å²) in [5.41, 5.74) is 8.86. The van der Waals surface area contributed by atoms with E-state index >= 15 is 0 Å². The minimum absolute atomic E-state index is 0.618. The number of hydrogen-bond donors (Lipinski definition) is 0. The van der Waals surface area contributed by atoms with Crippen LogP contribution in [-0.2, 0) is 12.8 Å². The average molecular weight is 323 g/mol. The van der Waals surface area contributed by atoms with Gasteiger partial charge in [-0.1, -0.05) is 64.1 Å². The zero-order valence-electron chi connectivity index (χ0n) is 16.4. The lowest BCUT2D eigenvalue weighted by atomic mass is 9.93. The van der Waals surface area contributed by atoms with E-state index in [1.807, 2.05) is 0 Å². The van der Waals surface area contributed by atoms with E-state index in [9.17, 15) is 0 Å². The minimum atomic E-state index is 0.618. The first-order chi connectivity index (χ1) is 11.4. The van der Waals surface area contributed by atoms with Gasteiger partial charge in [0, 0.05) is 0 Å². The quantitative estimate of drug-likeness (QED) is 0.476. The highest BCUT2D eigenvalue weighted by Crippen LogP contribution is 2.23. The van der Waals surface area contributed by atoms with Gasteiger partial charge in [-0.3, -0.25) is 0 Å². The highest BCUT2D eigenvalue weighted by molar-refractivity contribution is 5.34. The van der Waals surface area contributed by atoms with Gasteiger partial charge in [0.15, 0.2) is 0 Å². The van der Waals surface area contributed by atoms with Crippen LogP contribution in [0.25, 0.3) is 0 Å². The Morgan fingerprint density at radius 1 is 0.625 bits per heavy atom. The van der Waals surface area contributed by atoms with Crippen LogP contribution >= 0.6 is 0 Å². The fraction of sp³-hybridized carbons (Fsp3) is 0.500. The number of hydrogen-bond acceptors (Lipinski definition) is 0. The molecule has 0 atom stereocenters. The Bertz CT molecular complexity index is 602. The SMILES string of the molecule is Cc1ccc(CCCCc2ccc(C)c(C(C)C)c2)cc1C(C)C. The molecule has 0 heterocycles. The standard InChI is InChI=1S/C24H34/c1-17(2)23-15-21(13-11-19(23)5)9-7-8-10-22-14-12-20(6)24(16-22)18(3)4/h11-18H,7-10H2,1-6H3. The first-order valence-corrected chi connectivity index (χ1v) is 9.57. The molecule has 0 fully saturated rings. The van der Waals surface area contributed by atoms with E-state index in [0.29, 0.717) is 11.8 Å². The van der Waals surface area contributed by atoms with Crippen LogP contribution in [0.3, 0.4) is 0 Å². The first-order valence-electron chi connectivity index (χ1n) is 9.57. The van der Waals surface area contributed by atoms with E-state index in [4.69, 9.17) is 0 Å². The maximum Gasteiger partial charge on any atom is -0.0216 e. The molecule has 0 aliphatic rings. The monoisotopic (exact) mass is 322 g/mol. The first kappa shape index (κ1) is 18.8. The molecule has 0 saturated carbocycles. The van der Waals surface area contributed by atoms with E-state index in [2.05, 4.69) is 77.9 Å². The predicted molar refractivity (Wildman–Crippen MR) is 107 cm³/mol. The lowest BCUT2D eigenvalue weighted by molar-refractivity contribution is 0.729. The molecule has 2 aromatic rings. The second-order valence-corrected chi connectivity index (χ2v) is 7.90. The summed E-state index contributed by atoms with van der Waals surface area (Å²) in [5, 5.41) is 0. The fourth-order valence-corrected chi connectivity index (χ4v) is 3.59. The van der Waals surface area contributed by atoms with Gasteiger partial charge in [-0.05, 0) is 84.7 Å². The van der Waals surface area contributed by atoms with Crippen LogP contribution in [-0.4, -0.2) is 0 Å². The zero-order valence-corrected chi connectivity index (χ0v) is 16.4. The second kappa shape index (κ2) is 8.51. The van der Waals surface area contributed by atoms with Crippen LogP contribution in [0, 0.1) is 13.8 Å². The summed E-state index contributed by atoms with van der Waals surface area (Å²) in [6, 6.07) is 14.0. The van der Waals surface area contributed by atoms with Crippen molar-refractivity contribution in [3.63, 3.8) is 0 Å². The van der Waals surface area contributed by atoms with Gasteiger partial charge in [0.2, 0.25) is 0 Å². The summed E-state index contributed by atoms with van der Waals surface area (Å²) in [4.78, 5) is 0. The van der Waals surface area contributed by atoms with E-state index in [1.165, 1.54) is 59.1 Å². The molecule has 0 aromatic heterocycles. The number of aryl methyl sites for hydroxylation is 4. The van der Waals surface area contributed by atoms with Gasteiger partial charge in [0.05, 0.1) is 0 Å². The van der Waals surface area contributed by atoms with Crippen LogP contribution in [0.15, 0.2) is 36.4 Å². The van der Waals surface area contributed by atoms with E-state index in [1.54, 1.807) is 0 Å². The summed E-state index contributed by atoms with van der Waals surface area (Å²) in [6.45, 7) is 13.6. The largest absolute Gasteiger partial charge is 0.0588 e. The molecule has 0 saturated heterocycles. The molecule has 130 valence electrons. The third-order valence-electron chi connectivity index (χ3n) is 5.11. The number of rotatable bonds is 7. The van der Waals surface area contributed by atoms with Crippen molar-refractivity contribution < 1.29 is 0 Å². The van der Waals surface area contributed by atoms with Crippen molar-refractivity contribution in [2.75, 3.05) is 0 Å². The zero-order chi connectivity index (χ0) is 17.7. The van der Waals surface area contributed by atoms with Gasteiger partial charge in [-0.2, -0.15) is 0 Å². The third-order valence-corrected chi connectivity index (χ3v) is 5.11. The summed E-state index contributed by atoms with van der Waals surface area (Å²) in [7, 11) is 0. The van der Waals surface area contributed by atoms with E-state index in [0.717, 1.165) is 0 Å². The smallest absolute Gasteiger partial charge is 0.0216 e. The van der Waals surface area contributed by atoms with Crippen LogP contribution < -0.4 is 0 Å². The van der Waals surface area contributed by atoms with Gasteiger partial charge in [-0.25, -0.2) is 0 Å². The molecule has 0 aliphatic heterocycles. The Hall–Kier alpha value is -1.56. The van der Waals surface area contributed by atoms with Crippen LogP contribution in [0.1, 0.15) is 85.8 Å². The molecule has 0 radical (unpaired) electrons. The van der Waals surface area contributed by atoms with E-state index < -0.39 is 0 Å². The number of benzene rings is 2. The van der Waals surface area contributed by atoms with Crippen LogP contribution in [0.4, 0.5) is 0 Å². The van der Waals surface area contributed by atoms with Gasteiger partial charge in [0.1, 0.15) is 0 Å². The molecule has 2 aromatic carbocycles. The summed E-state index contributed by atoms with van der Waals surface area (Å²) >= 11 is 0. The van der Waals surface area contributed by atoms with Crippen molar-refractivity contribution in [1.82, 2.24) is 0 Å². The third kappa shape index (κ3) is 4.97. The average Bonchev–Trinajstić information content (AvgIpc) is 2.53. The predicted octanol–water partition coefficient (Wildman–Crippen LogP) is 7.12. The van der Waals surface area contributed by atoms with Crippen molar-refractivity contribution >= 4 is 0 Å². The van der Waals surface area contributed by atoms with Gasteiger partial charge in [-0.15, -0.1) is 0 Å². The molecule has 0 spiro atoms. The van der Waals surface area contributed by atoms with Crippen molar-refractivity contribution in [2.24, 2.45) is 0 Å². The normalized spacial score (nSPS) is 11.5. The Morgan fingerprint density at radius 2 is 1.00 bits per heavy atom. The molecule has 0 amide bonds. The number of unbranched alkanes of at least 4 members (excludes halogenated alkanes) is 1. The molecule has 0 nitrogen and oxygen atoms in total.